The second-order valence-corrected chi connectivity index (χ2v) is 5.53. The van der Waals surface area contributed by atoms with E-state index >= 15 is 0 Å². The zero-order chi connectivity index (χ0) is 17.2. The molecule has 1 aliphatic rings. The first-order chi connectivity index (χ1) is 10.8. The van der Waals surface area contributed by atoms with Crippen molar-refractivity contribution < 1.29 is 33.3 Å². The van der Waals surface area contributed by atoms with Crippen LogP contribution in [-0.2, 0) is 25.5 Å². The normalized spacial score (nSPS) is 17.3. The molecule has 23 heavy (non-hydrogen) atoms. The lowest BCUT2D eigenvalue weighted by molar-refractivity contribution is -0.239. The molecular weight excluding hydrogens is 304 g/mol. The van der Waals surface area contributed by atoms with Crippen LogP contribution < -0.4 is 14.2 Å². The van der Waals surface area contributed by atoms with E-state index in [-0.39, 0.29) is 6.42 Å². The van der Waals surface area contributed by atoms with E-state index < -0.39 is 23.6 Å². The molecule has 126 valence electrons. The third-order valence-electron chi connectivity index (χ3n) is 3.43. The molecule has 1 aliphatic heterocycles. The van der Waals surface area contributed by atoms with Crippen molar-refractivity contribution in [1.82, 2.24) is 0 Å². The third kappa shape index (κ3) is 3.49. The van der Waals surface area contributed by atoms with Crippen molar-refractivity contribution in [3.8, 4) is 17.2 Å². The summed E-state index contributed by atoms with van der Waals surface area (Å²) in [4.78, 5) is 24.1. The van der Waals surface area contributed by atoms with Crippen molar-refractivity contribution in [1.29, 1.82) is 0 Å². The number of carbonyl (C=O) groups is 2. The van der Waals surface area contributed by atoms with Crippen LogP contribution in [0, 0.1) is 5.92 Å². The van der Waals surface area contributed by atoms with Gasteiger partial charge in [0.1, 0.15) is 0 Å². The summed E-state index contributed by atoms with van der Waals surface area (Å²) >= 11 is 0. The Balaban J connectivity index is 2.30. The highest BCUT2D eigenvalue weighted by Gasteiger charge is 2.43. The lowest BCUT2D eigenvalue weighted by Crippen LogP contribution is -2.46. The van der Waals surface area contributed by atoms with Crippen molar-refractivity contribution in [3.05, 3.63) is 17.7 Å². The molecule has 2 rings (SSSR count). The van der Waals surface area contributed by atoms with Gasteiger partial charge in [-0.25, -0.2) is 0 Å². The molecule has 1 heterocycles. The Morgan fingerprint density at radius 3 is 1.83 bits per heavy atom. The summed E-state index contributed by atoms with van der Waals surface area (Å²) in [7, 11) is 4.48. The molecule has 1 aromatic carbocycles. The number of esters is 2. The highest BCUT2D eigenvalue weighted by molar-refractivity contribution is 5.97. The minimum atomic E-state index is -1.24. The van der Waals surface area contributed by atoms with Crippen LogP contribution in [0.4, 0.5) is 0 Å². The van der Waals surface area contributed by atoms with E-state index in [1.807, 2.05) is 0 Å². The van der Waals surface area contributed by atoms with Gasteiger partial charge in [0.05, 0.1) is 21.3 Å². The average Bonchev–Trinajstić information content (AvgIpc) is 2.48. The van der Waals surface area contributed by atoms with Gasteiger partial charge < -0.3 is 23.7 Å². The first-order valence-corrected chi connectivity index (χ1v) is 7.06. The van der Waals surface area contributed by atoms with Crippen LogP contribution in [0.2, 0.25) is 0 Å². The predicted molar refractivity (Wildman–Crippen MR) is 79.6 cm³/mol. The van der Waals surface area contributed by atoms with Crippen molar-refractivity contribution in [2.24, 2.45) is 5.92 Å². The van der Waals surface area contributed by atoms with E-state index in [2.05, 4.69) is 0 Å². The molecule has 0 unspecified atom stereocenters. The highest BCUT2D eigenvalue weighted by Crippen LogP contribution is 2.39. The van der Waals surface area contributed by atoms with Crippen molar-refractivity contribution in [3.63, 3.8) is 0 Å². The number of rotatable bonds is 5. The smallest absolute Gasteiger partial charge is 0.323 e. The molecular formula is C16H20O7. The van der Waals surface area contributed by atoms with Crippen molar-refractivity contribution in [2.45, 2.75) is 26.1 Å². The van der Waals surface area contributed by atoms with Gasteiger partial charge in [-0.15, -0.1) is 0 Å². The Morgan fingerprint density at radius 2 is 1.43 bits per heavy atom. The monoisotopic (exact) mass is 324 g/mol. The van der Waals surface area contributed by atoms with Crippen LogP contribution in [0.1, 0.15) is 19.4 Å². The first-order valence-electron chi connectivity index (χ1n) is 7.06. The molecule has 7 nitrogen and oxygen atoms in total. The lowest BCUT2D eigenvalue weighted by Gasteiger charge is -2.32. The molecule has 0 aliphatic carbocycles. The first kappa shape index (κ1) is 16.9. The Kier molecular flexibility index (Phi) is 4.68. The quantitative estimate of drug-likeness (QED) is 0.602. The standard InChI is InChI=1S/C16H20O7/c1-16(2)22-14(17)10(15(18)23-16)6-9-7-11(19-3)13(21-5)12(8-9)20-4/h7-8,10H,6H2,1-5H3. The van der Waals surface area contributed by atoms with Gasteiger partial charge in [-0.1, -0.05) is 0 Å². The zero-order valence-electron chi connectivity index (χ0n) is 13.8. The van der Waals surface area contributed by atoms with E-state index in [1.54, 1.807) is 12.1 Å². The maximum absolute atomic E-state index is 12.0. The number of hydrogen-bond acceptors (Lipinski definition) is 7. The Morgan fingerprint density at radius 1 is 0.957 bits per heavy atom. The topological polar surface area (TPSA) is 80.3 Å². The van der Waals surface area contributed by atoms with E-state index in [9.17, 15) is 9.59 Å². The zero-order valence-corrected chi connectivity index (χ0v) is 13.8. The highest BCUT2D eigenvalue weighted by atomic mass is 16.7. The second-order valence-electron chi connectivity index (χ2n) is 5.53. The van der Waals surface area contributed by atoms with Crippen molar-refractivity contribution >= 4 is 11.9 Å². The number of carbonyl (C=O) groups excluding carboxylic acids is 2. The van der Waals surface area contributed by atoms with Gasteiger partial charge in [0.15, 0.2) is 17.4 Å². The van der Waals surface area contributed by atoms with Gasteiger partial charge in [-0.3, -0.25) is 9.59 Å². The third-order valence-corrected chi connectivity index (χ3v) is 3.43. The fraction of sp³-hybridized carbons (Fsp3) is 0.500. The van der Waals surface area contributed by atoms with E-state index in [0.717, 1.165) is 0 Å². The molecule has 0 aromatic heterocycles. The molecule has 0 amide bonds. The summed E-state index contributed by atoms with van der Waals surface area (Å²) < 4.78 is 26.0. The lowest BCUT2D eigenvalue weighted by atomic mass is 9.97. The molecule has 0 atom stereocenters. The molecule has 1 aromatic rings. The molecule has 0 bridgehead atoms. The predicted octanol–water partition coefficient (Wildman–Crippen LogP) is 1.71. The number of ether oxygens (including phenoxy) is 5. The van der Waals surface area contributed by atoms with Gasteiger partial charge in [0, 0.05) is 13.8 Å². The molecule has 1 fully saturated rings. The van der Waals surface area contributed by atoms with Gasteiger partial charge >= 0.3 is 11.9 Å². The van der Waals surface area contributed by atoms with Crippen LogP contribution in [0.3, 0.4) is 0 Å². The maximum atomic E-state index is 12.0. The molecule has 1 saturated heterocycles. The second kappa shape index (κ2) is 6.36. The molecule has 0 saturated carbocycles. The fourth-order valence-electron chi connectivity index (χ4n) is 2.40. The van der Waals surface area contributed by atoms with Gasteiger partial charge in [-0.2, -0.15) is 0 Å². The van der Waals surface area contributed by atoms with Crippen LogP contribution in [0.25, 0.3) is 0 Å². The number of hydrogen-bond donors (Lipinski definition) is 0. The Hall–Kier alpha value is -2.44. The van der Waals surface area contributed by atoms with E-state index in [4.69, 9.17) is 23.7 Å². The summed E-state index contributed by atoms with van der Waals surface area (Å²) in [6, 6.07) is 3.36. The minimum Gasteiger partial charge on any atom is -0.493 e. The van der Waals surface area contributed by atoms with Crippen molar-refractivity contribution in [2.75, 3.05) is 21.3 Å². The maximum Gasteiger partial charge on any atom is 0.323 e. The Bertz CT molecular complexity index is 576. The molecule has 7 heteroatoms. The molecule has 0 radical (unpaired) electrons. The number of benzene rings is 1. The number of methoxy groups -OCH3 is 3. The minimum absolute atomic E-state index is 0.116. The van der Waals surface area contributed by atoms with Gasteiger partial charge in [0.2, 0.25) is 5.75 Å². The molecule has 0 N–H and O–H groups in total. The number of cyclic esters (lactones) is 2. The van der Waals surface area contributed by atoms with E-state index in [0.29, 0.717) is 22.8 Å². The van der Waals surface area contributed by atoms with E-state index in [1.165, 1.54) is 35.2 Å². The van der Waals surface area contributed by atoms with Gasteiger partial charge in [-0.05, 0) is 24.1 Å². The largest absolute Gasteiger partial charge is 0.493 e. The summed E-state index contributed by atoms with van der Waals surface area (Å²) in [5, 5.41) is 0. The SMILES string of the molecule is COc1cc(CC2C(=O)OC(C)(C)OC2=O)cc(OC)c1OC. The summed E-state index contributed by atoms with van der Waals surface area (Å²) in [5.74, 6) is -2.15. The Labute approximate surface area is 134 Å². The summed E-state index contributed by atoms with van der Waals surface area (Å²) in [6.45, 7) is 3.02. The van der Waals surface area contributed by atoms with Crippen LogP contribution in [-0.4, -0.2) is 39.1 Å². The summed E-state index contributed by atoms with van der Waals surface area (Å²) in [5.41, 5.74) is 0.665. The van der Waals surface area contributed by atoms with Crippen LogP contribution >= 0.6 is 0 Å². The molecule has 0 spiro atoms. The van der Waals surface area contributed by atoms with Gasteiger partial charge in [0.25, 0.3) is 5.79 Å². The van der Waals surface area contributed by atoms with Crippen LogP contribution in [0.15, 0.2) is 12.1 Å². The fourth-order valence-corrected chi connectivity index (χ4v) is 2.40. The summed E-state index contributed by atoms with van der Waals surface area (Å²) in [6.07, 6.45) is 0.116. The average molecular weight is 324 g/mol. The van der Waals surface area contributed by atoms with Crippen LogP contribution in [0.5, 0.6) is 17.2 Å².